The molecule has 1 aromatic carbocycles. The molecular weight excluding hydrogens is 369 g/mol. The molecular formula is C21H25F3N2O2. The van der Waals surface area contributed by atoms with E-state index in [2.05, 4.69) is 6.07 Å². The average molecular weight is 394 g/mol. The van der Waals surface area contributed by atoms with Crippen LogP contribution in [0, 0.1) is 17.2 Å². The zero-order valence-corrected chi connectivity index (χ0v) is 15.9. The van der Waals surface area contributed by atoms with Crippen LogP contribution in [-0.2, 0) is 5.60 Å². The maximum absolute atomic E-state index is 13.1. The SMILES string of the molecule is C[C@@](O)(c1ccc(C(=O)N(C2CCC(CC#N)CC2)C2CC2)cc1)C(F)(F)F. The van der Waals surface area contributed by atoms with E-state index in [0.29, 0.717) is 24.8 Å². The summed E-state index contributed by atoms with van der Waals surface area (Å²) in [7, 11) is 0. The van der Waals surface area contributed by atoms with Gasteiger partial charge in [0.1, 0.15) is 0 Å². The van der Waals surface area contributed by atoms with E-state index < -0.39 is 11.8 Å². The summed E-state index contributed by atoms with van der Waals surface area (Å²) in [6, 6.07) is 7.62. The highest BCUT2D eigenvalue weighted by Gasteiger charge is 2.51. The molecule has 0 heterocycles. The van der Waals surface area contributed by atoms with Crippen LogP contribution in [0.1, 0.15) is 67.8 Å². The third kappa shape index (κ3) is 4.17. The maximum Gasteiger partial charge on any atom is 0.421 e. The zero-order chi connectivity index (χ0) is 20.5. The number of alkyl halides is 3. The largest absolute Gasteiger partial charge is 0.421 e. The number of carbonyl (C=O) groups is 1. The van der Waals surface area contributed by atoms with Crippen molar-refractivity contribution in [2.75, 3.05) is 0 Å². The summed E-state index contributed by atoms with van der Waals surface area (Å²) < 4.78 is 39.0. The first-order chi connectivity index (χ1) is 13.1. The Labute approximate surface area is 162 Å². The molecule has 0 aliphatic heterocycles. The van der Waals surface area contributed by atoms with Crippen molar-refractivity contribution in [1.82, 2.24) is 4.90 Å². The highest BCUT2D eigenvalue weighted by molar-refractivity contribution is 5.95. The van der Waals surface area contributed by atoms with E-state index >= 15 is 0 Å². The summed E-state index contributed by atoms with van der Waals surface area (Å²) in [5.74, 6) is 0.228. The number of aliphatic hydroxyl groups is 1. The van der Waals surface area contributed by atoms with Crippen molar-refractivity contribution >= 4 is 5.91 Å². The summed E-state index contributed by atoms with van der Waals surface area (Å²) in [5.41, 5.74) is -2.90. The smallest absolute Gasteiger partial charge is 0.376 e. The molecule has 2 aliphatic carbocycles. The van der Waals surface area contributed by atoms with Gasteiger partial charge in [0, 0.05) is 24.1 Å². The van der Waals surface area contributed by atoms with Crippen molar-refractivity contribution in [2.24, 2.45) is 5.92 Å². The van der Waals surface area contributed by atoms with Crippen LogP contribution in [0.5, 0.6) is 0 Å². The summed E-state index contributed by atoms with van der Waals surface area (Å²) in [4.78, 5) is 15.0. The van der Waals surface area contributed by atoms with Gasteiger partial charge in [0.2, 0.25) is 0 Å². The van der Waals surface area contributed by atoms with E-state index in [0.717, 1.165) is 38.5 Å². The number of rotatable bonds is 5. The molecule has 0 spiro atoms. The Hall–Kier alpha value is -2.07. The van der Waals surface area contributed by atoms with Gasteiger partial charge in [-0.2, -0.15) is 18.4 Å². The Morgan fingerprint density at radius 1 is 1.11 bits per heavy atom. The summed E-state index contributed by atoms with van der Waals surface area (Å²) >= 11 is 0. The lowest BCUT2D eigenvalue weighted by molar-refractivity contribution is -0.258. The van der Waals surface area contributed by atoms with Gasteiger partial charge >= 0.3 is 6.18 Å². The van der Waals surface area contributed by atoms with Crippen molar-refractivity contribution in [1.29, 1.82) is 5.26 Å². The molecule has 3 rings (SSSR count). The number of hydrogen-bond acceptors (Lipinski definition) is 3. The van der Waals surface area contributed by atoms with Gasteiger partial charge in [-0.05, 0) is 69.1 Å². The Balaban J connectivity index is 1.74. The topological polar surface area (TPSA) is 64.3 Å². The molecule has 0 bridgehead atoms. The molecule has 2 aliphatic rings. The second-order valence-electron chi connectivity index (χ2n) is 8.13. The van der Waals surface area contributed by atoms with Crippen LogP contribution in [0.3, 0.4) is 0 Å². The number of benzene rings is 1. The number of carbonyl (C=O) groups excluding carboxylic acids is 1. The summed E-state index contributed by atoms with van der Waals surface area (Å²) in [5, 5.41) is 18.6. The minimum Gasteiger partial charge on any atom is -0.376 e. The quantitative estimate of drug-likeness (QED) is 0.798. The highest BCUT2D eigenvalue weighted by Crippen LogP contribution is 2.39. The minimum atomic E-state index is -4.79. The normalized spacial score (nSPS) is 24.9. The van der Waals surface area contributed by atoms with E-state index in [1.807, 2.05) is 4.90 Å². The van der Waals surface area contributed by atoms with E-state index in [1.54, 1.807) is 0 Å². The molecule has 2 saturated carbocycles. The Bertz CT molecular complexity index is 740. The first kappa shape index (κ1) is 20.7. The van der Waals surface area contributed by atoms with Gasteiger partial charge in [-0.3, -0.25) is 4.79 Å². The fourth-order valence-corrected chi connectivity index (χ4v) is 3.99. The molecule has 0 saturated heterocycles. The predicted molar refractivity (Wildman–Crippen MR) is 97.2 cm³/mol. The molecule has 1 aromatic rings. The number of nitriles is 1. The first-order valence-corrected chi connectivity index (χ1v) is 9.74. The fourth-order valence-electron chi connectivity index (χ4n) is 3.99. The summed E-state index contributed by atoms with van der Waals surface area (Å²) in [6.45, 7) is 0.708. The molecule has 2 fully saturated rings. The van der Waals surface area contributed by atoms with Gasteiger partial charge in [-0.1, -0.05) is 12.1 Å². The van der Waals surface area contributed by atoms with Gasteiger partial charge in [-0.25, -0.2) is 0 Å². The van der Waals surface area contributed by atoms with Crippen molar-refractivity contribution in [3.8, 4) is 6.07 Å². The third-order valence-electron chi connectivity index (χ3n) is 6.01. The summed E-state index contributed by atoms with van der Waals surface area (Å²) in [6.07, 6.45) is 1.20. The zero-order valence-electron chi connectivity index (χ0n) is 15.9. The van der Waals surface area contributed by atoms with E-state index in [4.69, 9.17) is 5.26 Å². The Morgan fingerprint density at radius 2 is 1.61 bits per heavy atom. The number of hydrogen-bond donors (Lipinski definition) is 1. The van der Waals surface area contributed by atoms with Gasteiger partial charge in [0.15, 0.2) is 5.60 Å². The standard InChI is InChI=1S/C21H25F3N2O2/c1-20(28,21(22,23)24)16-6-4-15(5-7-16)19(27)26(18-10-11-18)17-8-2-14(3-9-17)12-13-25/h4-7,14,17-18,28H,2-3,8-12H2,1H3/t14?,17?,20-/m1/s1. The molecule has 1 atom stereocenters. The molecule has 7 heteroatoms. The molecule has 0 radical (unpaired) electrons. The first-order valence-electron chi connectivity index (χ1n) is 9.74. The minimum absolute atomic E-state index is 0.118. The van der Waals surface area contributed by atoms with Crippen LogP contribution in [0.2, 0.25) is 0 Å². The lowest BCUT2D eigenvalue weighted by atomic mass is 9.83. The fraction of sp³-hybridized carbons (Fsp3) is 0.619. The van der Waals surface area contributed by atoms with E-state index in [1.165, 1.54) is 24.3 Å². The second-order valence-corrected chi connectivity index (χ2v) is 8.13. The molecule has 0 aromatic heterocycles. The average Bonchev–Trinajstić information content (AvgIpc) is 3.47. The molecule has 4 nitrogen and oxygen atoms in total. The number of amides is 1. The van der Waals surface area contributed by atoms with E-state index in [9.17, 15) is 23.1 Å². The molecule has 1 amide bonds. The van der Waals surface area contributed by atoms with Crippen molar-refractivity contribution in [3.05, 3.63) is 35.4 Å². The number of nitrogens with zero attached hydrogens (tertiary/aromatic N) is 2. The molecule has 28 heavy (non-hydrogen) atoms. The number of halogens is 3. The van der Waals surface area contributed by atoms with Crippen molar-refractivity contribution < 1.29 is 23.1 Å². The Kier molecular flexibility index (Phi) is 5.72. The van der Waals surface area contributed by atoms with Crippen LogP contribution in [0.25, 0.3) is 0 Å². The van der Waals surface area contributed by atoms with Crippen molar-refractivity contribution in [2.45, 2.75) is 75.7 Å². The second kappa shape index (κ2) is 7.75. The van der Waals surface area contributed by atoms with Crippen LogP contribution in [0.15, 0.2) is 24.3 Å². The third-order valence-corrected chi connectivity index (χ3v) is 6.01. The van der Waals surface area contributed by atoms with Crippen LogP contribution in [0.4, 0.5) is 13.2 Å². The van der Waals surface area contributed by atoms with Crippen LogP contribution < -0.4 is 0 Å². The monoisotopic (exact) mass is 394 g/mol. The van der Waals surface area contributed by atoms with Gasteiger partial charge in [0.05, 0.1) is 6.07 Å². The maximum atomic E-state index is 13.1. The molecule has 1 N–H and O–H groups in total. The lowest BCUT2D eigenvalue weighted by Gasteiger charge is -2.37. The lowest BCUT2D eigenvalue weighted by Crippen LogP contribution is -2.44. The van der Waals surface area contributed by atoms with E-state index in [-0.39, 0.29) is 23.6 Å². The highest BCUT2D eigenvalue weighted by atomic mass is 19.4. The predicted octanol–water partition coefficient (Wildman–Crippen LogP) is 4.53. The van der Waals surface area contributed by atoms with Crippen LogP contribution >= 0.6 is 0 Å². The van der Waals surface area contributed by atoms with Crippen LogP contribution in [-0.4, -0.2) is 34.2 Å². The molecule has 152 valence electrons. The van der Waals surface area contributed by atoms with Gasteiger partial charge in [-0.15, -0.1) is 0 Å². The van der Waals surface area contributed by atoms with Gasteiger partial charge in [0.25, 0.3) is 5.91 Å². The molecule has 0 unspecified atom stereocenters. The Morgan fingerprint density at radius 3 is 2.04 bits per heavy atom. The van der Waals surface area contributed by atoms with Gasteiger partial charge < -0.3 is 10.0 Å². The van der Waals surface area contributed by atoms with Crippen molar-refractivity contribution in [3.63, 3.8) is 0 Å².